The fourth-order valence-electron chi connectivity index (χ4n) is 5.70. The zero-order valence-electron chi connectivity index (χ0n) is 20.2. The third-order valence-electron chi connectivity index (χ3n) is 7.73. The van der Waals surface area contributed by atoms with E-state index in [-0.39, 0.29) is 17.5 Å². The van der Waals surface area contributed by atoms with Crippen molar-refractivity contribution in [2.75, 3.05) is 11.1 Å². The summed E-state index contributed by atoms with van der Waals surface area (Å²) < 4.78 is 1.95. The minimum atomic E-state index is -1.12. The molecule has 184 valence electrons. The van der Waals surface area contributed by atoms with Gasteiger partial charge in [-0.05, 0) is 43.4 Å². The summed E-state index contributed by atoms with van der Waals surface area (Å²) in [5.41, 5.74) is 8.79. The lowest BCUT2D eigenvalue weighted by Crippen LogP contribution is -2.32. The van der Waals surface area contributed by atoms with Crippen molar-refractivity contribution in [2.45, 2.75) is 57.3 Å². The molecule has 0 bridgehead atoms. The molecular weight excluding hydrogens is 454 g/mol. The van der Waals surface area contributed by atoms with Crippen molar-refractivity contribution in [3.63, 3.8) is 0 Å². The van der Waals surface area contributed by atoms with Crippen LogP contribution in [0.1, 0.15) is 62.3 Å². The minimum Gasteiger partial charge on any atom is -0.508 e. The normalized spacial score (nSPS) is 20.0. The van der Waals surface area contributed by atoms with Crippen LogP contribution in [0.25, 0.3) is 17.2 Å². The molecule has 4 N–H and O–H groups in total. The molecule has 9 nitrogen and oxygen atoms in total. The van der Waals surface area contributed by atoms with Crippen molar-refractivity contribution in [3.05, 3.63) is 59.7 Å². The second-order valence-corrected chi connectivity index (χ2v) is 10.1. The van der Waals surface area contributed by atoms with Gasteiger partial charge in [0.2, 0.25) is 5.91 Å². The number of rotatable bonds is 5. The number of phenolic OH excluding ortho intramolecular Hbond substituents is 1. The lowest BCUT2D eigenvalue weighted by molar-refractivity contribution is -0.119. The van der Waals surface area contributed by atoms with Gasteiger partial charge in [0.1, 0.15) is 28.5 Å². The number of aromatic nitrogens is 5. The van der Waals surface area contributed by atoms with E-state index in [4.69, 9.17) is 10.7 Å². The van der Waals surface area contributed by atoms with Crippen LogP contribution in [0.2, 0.25) is 0 Å². The van der Waals surface area contributed by atoms with Crippen LogP contribution in [0.5, 0.6) is 5.75 Å². The molecule has 9 heteroatoms. The summed E-state index contributed by atoms with van der Waals surface area (Å²) in [6.07, 6.45) is 14.0. The van der Waals surface area contributed by atoms with Crippen molar-refractivity contribution in [3.8, 4) is 17.3 Å². The van der Waals surface area contributed by atoms with Gasteiger partial charge in [-0.3, -0.25) is 4.79 Å². The Balaban J connectivity index is 1.39. The number of fused-ring (bicyclic) bond motifs is 2. The third-order valence-corrected chi connectivity index (χ3v) is 7.73. The monoisotopic (exact) mass is 483 g/mol. The molecule has 36 heavy (non-hydrogen) atoms. The lowest BCUT2D eigenvalue weighted by atomic mass is 9.77. The maximum absolute atomic E-state index is 13.2. The SMILES string of the molecule is C[C@]1(c2cccc(O)c2)C(=O)Nc2nc(-c3cn4ccnc4c(CCC4CCCCC4)n3)nc(N)c21. The third kappa shape index (κ3) is 3.66. The molecule has 1 aliphatic carbocycles. The average molecular weight is 484 g/mol. The van der Waals surface area contributed by atoms with Crippen molar-refractivity contribution in [1.29, 1.82) is 0 Å². The predicted molar refractivity (Wildman–Crippen MR) is 137 cm³/mol. The molecule has 1 aromatic carbocycles. The number of hydrogen-bond donors (Lipinski definition) is 3. The molecule has 1 aliphatic heterocycles. The first-order valence-corrected chi connectivity index (χ1v) is 12.6. The Bertz CT molecular complexity index is 1470. The summed E-state index contributed by atoms with van der Waals surface area (Å²) in [5, 5.41) is 12.9. The van der Waals surface area contributed by atoms with Gasteiger partial charge in [-0.25, -0.2) is 19.9 Å². The highest BCUT2D eigenvalue weighted by atomic mass is 16.3. The largest absolute Gasteiger partial charge is 0.508 e. The van der Waals surface area contributed by atoms with E-state index in [0.29, 0.717) is 28.5 Å². The first-order valence-electron chi connectivity index (χ1n) is 12.6. The molecule has 0 saturated heterocycles. The van der Waals surface area contributed by atoms with E-state index in [2.05, 4.69) is 20.3 Å². The Kier molecular flexibility index (Phi) is 5.35. The number of nitrogen functional groups attached to an aromatic ring is 1. The Morgan fingerprint density at radius 3 is 2.83 bits per heavy atom. The number of hydrogen-bond acceptors (Lipinski definition) is 7. The summed E-state index contributed by atoms with van der Waals surface area (Å²) in [7, 11) is 0. The van der Waals surface area contributed by atoms with Crippen LogP contribution < -0.4 is 11.1 Å². The van der Waals surface area contributed by atoms with Crippen molar-refractivity contribution >= 4 is 23.2 Å². The molecule has 0 unspecified atom stereocenters. The Hall–Kier alpha value is -4.01. The van der Waals surface area contributed by atoms with Crippen LogP contribution in [0.3, 0.4) is 0 Å². The zero-order valence-corrected chi connectivity index (χ0v) is 20.2. The molecule has 1 atom stereocenters. The summed E-state index contributed by atoms with van der Waals surface area (Å²) in [6, 6.07) is 6.61. The molecule has 3 aromatic heterocycles. The number of nitrogens with one attached hydrogen (secondary N) is 1. The smallest absolute Gasteiger partial charge is 0.240 e. The summed E-state index contributed by atoms with van der Waals surface area (Å²) >= 11 is 0. The highest BCUT2D eigenvalue weighted by Gasteiger charge is 2.47. The lowest BCUT2D eigenvalue weighted by Gasteiger charge is -2.23. The molecule has 2 aliphatic rings. The summed E-state index contributed by atoms with van der Waals surface area (Å²) in [4.78, 5) is 31.8. The van der Waals surface area contributed by atoms with Gasteiger partial charge in [-0.2, -0.15) is 0 Å². The van der Waals surface area contributed by atoms with Crippen LogP contribution in [0.4, 0.5) is 11.6 Å². The summed E-state index contributed by atoms with van der Waals surface area (Å²) in [5.74, 6) is 1.45. The maximum Gasteiger partial charge on any atom is 0.240 e. The van der Waals surface area contributed by atoms with E-state index < -0.39 is 5.41 Å². The van der Waals surface area contributed by atoms with Crippen LogP contribution in [-0.2, 0) is 16.6 Å². The minimum absolute atomic E-state index is 0.0738. The summed E-state index contributed by atoms with van der Waals surface area (Å²) in [6.45, 7) is 1.77. The Morgan fingerprint density at radius 2 is 2.03 bits per heavy atom. The van der Waals surface area contributed by atoms with Crippen LogP contribution in [0.15, 0.2) is 42.9 Å². The van der Waals surface area contributed by atoms with Crippen molar-refractivity contribution < 1.29 is 9.90 Å². The molecule has 1 amide bonds. The molecular formula is C27H29N7O2. The fraction of sp³-hybridized carbons (Fsp3) is 0.370. The Labute approximate surface area is 208 Å². The van der Waals surface area contributed by atoms with Crippen LogP contribution >= 0.6 is 0 Å². The number of phenols is 1. The average Bonchev–Trinajstić information content (AvgIpc) is 3.46. The van der Waals surface area contributed by atoms with Gasteiger partial charge in [0.25, 0.3) is 0 Å². The highest BCUT2D eigenvalue weighted by molar-refractivity contribution is 6.09. The van der Waals surface area contributed by atoms with Gasteiger partial charge in [0.15, 0.2) is 11.5 Å². The number of carbonyl (C=O) groups excluding carboxylic acids is 1. The molecule has 1 fully saturated rings. The molecule has 0 radical (unpaired) electrons. The van der Waals surface area contributed by atoms with Gasteiger partial charge >= 0.3 is 0 Å². The number of benzene rings is 1. The number of imidazole rings is 1. The first-order chi connectivity index (χ1) is 17.4. The second-order valence-electron chi connectivity index (χ2n) is 10.1. The van der Waals surface area contributed by atoms with E-state index in [9.17, 15) is 9.90 Å². The van der Waals surface area contributed by atoms with E-state index in [1.807, 2.05) is 16.8 Å². The number of nitrogens with two attached hydrogens (primary N) is 1. The number of aromatic hydroxyl groups is 1. The maximum atomic E-state index is 13.2. The van der Waals surface area contributed by atoms with Gasteiger partial charge in [-0.15, -0.1) is 0 Å². The van der Waals surface area contributed by atoms with Crippen molar-refractivity contribution in [1.82, 2.24) is 24.3 Å². The molecule has 6 rings (SSSR count). The quantitative estimate of drug-likeness (QED) is 0.387. The van der Waals surface area contributed by atoms with E-state index in [0.717, 1.165) is 30.1 Å². The number of amides is 1. The number of carbonyl (C=O) groups is 1. The van der Waals surface area contributed by atoms with Crippen molar-refractivity contribution in [2.24, 2.45) is 5.92 Å². The standard InChI is InChI=1S/C27H29N7O2/c1-27(17-8-5-9-18(35)14-17)21-22(28)31-23(32-24(21)33-26(27)36)20-15-34-13-12-29-25(34)19(30-20)11-10-16-6-3-2-4-7-16/h5,8-9,12-16,35H,2-4,6-7,10-11H2,1H3,(H3,28,31,32,33,36)/t27-/m1/s1. The topological polar surface area (TPSA) is 131 Å². The van der Waals surface area contributed by atoms with Crippen LogP contribution in [0, 0.1) is 5.92 Å². The molecule has 4 aromatic rings. The molecule has 0 spiro atoms. The second kappa shape index (κ2) is 8.58. The van der Waals surface area contributed by atoms with Crippen LogP contribution in [-0.4, -0.2) is 35.4 Å². The number of aryl methyl sites for hydroxylation is 1. The fourth-order valence-corrected chi connectivity index (χ4v) is 5.70. The van der Waals surface area contributed by atoms with Gasteiger partial charge in [0, 0.05) is 18.6 Å². The molecule has 4 heterocycles. The number of anilines is 2. The first kappa shape index (κ1) is 22.5. The van der Waals surface area contributed by atoms with Gasteiger partial charge in [-0.1, -0.05) is 44.2 Å². The van der Waals surface area contributed by atoms with E-state index in [1.165, 1.54) is 32.1 Å². The molecule has 1 saturated carbocycles. The van der Waals surface area contributed by atoms with E-state index in [1.54, 1.807) is 37.4 Å². The van der Waals surface area contributed by atoms with E-state index >= 15 is 0 Å². The highest BCUT2D eigenvalue weighted by Crippen LogP contribution is 2.45. The predicted octanol–water partition coefficient (Wildman–Crippen LogP) is 4.25. The number of nitrogens with zero attached hydrogens (tertiary/aromatic N) is 5. The Morgan fingerprint density at radius 1 is 1.19 bits per heavy atom. The van der Waals surface area contributed by atoms with Gasteiger partial charge < -0.3 is 20.6 Å². The zero-order chi connectivity index (χ0) is 24.9. The van der Waals surface area contributed by atoms with Gasteiger partial charge in [0.05, 0.1) is 11.3 Å².